The van der Waals surface area contributed by atoms with E-state index < -0.39 is 0 Å². The molecule has 0 unspecified atom stereocenters. The van der Waals surface area contributed by atoms with Gasteiger partial charge < -0.3 is 19.9 Å². The summed E-state index contributed by atoms with van der Waals surface area (Å²) in [6.07, 6.45) is 1.41. The summed E-state index contributed by atoms with van der Waals surface area (Å²) < 4.78 is 10.7. The third-order valence-corrected chi connectivity index (χ3v) is 1.90. The summed E-state index contributed by atoms with van der Waals surface area (Å²) in [6.45, 7) is 5.64. The van der Waals surface area contributed by atoms with Crippen molar-refractivity contribution in [3.05, 3.63) is 0 Å². The number of aromatic nitrogens is 3. The summed E-state index contributed by atoms with van der Waals surface area (Å²) in [5.41, 5.74) is 0. The van der Waals surface area contributed by atoms with Gasteiger partial charge in [0.05, 0.1) is 13.2 Å². The van der Waals surface area contributed by atoms with Crippen LogP contribution in [0.2, 0.25) is 0 Å². The summed E-state index contributed by atoms with van der Waals surface area (Å²) >= 11 is 0. The second-order valence-corrected chi connectivity index (χ2v) is 3.53. The molecule has 0 atom stereocenters. The molecule has 0 aliphatic carbocycles. The highest BCUT2D eigenvalue weighted by atomic mass is 16.5. The Balaban J connectivity index is 2.70. The Labute approximate surface area is 107 Å². The van der Waals surface area contributed by atoms with E-state index in [2.05, 4.69) is 20.3 Å². The van der Waals surface area contributed by atoms with Crippen LogP contribution in [0, 0.1) is 0 Å². The van der Waals surface area contributed by atoms with Gasteiger partial charge in [0.1, 0.15) is 0 Å². The normalized spacial score (nSPS) is 10.2. The average molecular weight is 256 g/mol. The molecule has 0 radical (unpaired) electrons. The van der Waals surface area contributed by atoms with Crippen molar-refractivity contribution in [1.29, 1.82) is 0 Å². The van der Waals surface area contributed by atoms with Gasteiger partial charge in [-0.05, 0) is 13.3 Å². The Kier molecular flexibility index (Phi) is 6.78. The van der Waals surface area contributed by atoms with Crippen LogP contribution in [0.3, 0.4) is 0 Å². The molecule has 1 aromatic rings. The van der Waals surface area contributed by atoms with Gasteiger partial charge in [0, 0.05) is 19.6 Å². The van der Waals surface area contributed by atoms with Gasteiger partial charge in [-0.25, -0.2) is 0 Å². The highest BCUT2D eigenvalue weighted by Crippen LogP contribution is 2.13. The molecule has 0 fully saturated rings. The Morgan fingerprint density at radius 2 is 1.72 bits per heavy atom. The van der Waals surface area contributed by atoms with Crippen molar-refractivity contribution >= 4 is 5.95 Å². The minimum absolute atomic E-state index is 0.0738. The summed E-state index contributed by atoms with van der Waals surface area (Å²) in [4.78, 5) is 12.2. The van der Waals surface area contributed by atoms with Crippen LogP contribution in [0.4, 0.5) is 5.95 Å². The average Bonchev–Trinajstić information content (AvgIpc) is 2.37. The number of ether oxygens (including phenoxy) is 2. The fraction of sp³-hybridized carbons (Fsp3) is 0.727. The lowest BCUT2D eigenvalue weighted by atomic mass is 10.5. The molecule has 0 aliphatic rings. The zero-order chi connectivity index (χ0) is 13.2. The van der Waals surface area contributed by atoms with E-state index in [1.807, 2.05) is 13.8 Å². The molecule has 0 amide bonds. The molecular weight excluding hydrogens is 236 g/mol. The van der Waals surface area contributed by atoms with Crippen molar-refractivity contribution in [2.24, 2.45) is 0 Å². The van der Waals surface area contributed by atoms with E-state index in [0.717, 1.165) is 6.42 Å². The summed E-state index contributed by atoms with van der Waals surface area (Å²) in [7, 11) is 0. The maximum atomic E-state index is 8.68. The number of aliphatic hydroxyl groups is 1. The van der Waals surface area contributed by atoms with Gasteiger partial charge in [0.25, 0.3) is 0 Å². The lowest BCUT2D eigenvalue weighted by molar-refractivity contribution is 0.219. The molecule has 0 spiro atoms. The van der Waals surface area contributed by atoms with E-state index >= 15 is 0 Å². The second-order valence-electron chi connectivity index (χ2n) is 3.53. The molecular formula is C11H20N4O3. The van der Waals surface area contributed by atoms with Gasteiger partial charge in [0.2, 0.25) is 5.95 Å². The monoisotopic (exact) mass is 256 g/mol. The van der Waals surface area contributed by atoms with E-state index in [4.69, 9.17) is 14.6 Å². The van der Waals surface area contributed by atoms with E-state index in [-0.39, 0.29) is 18.6 Å². The van der Waals surface area contributed by atoms with Crippen molar-refractivity contribution in [3.63, 3.8) is 0 Å². The zero-order valence-corrected chi connectivity index (χ0v) is 10.8. The van der Waals surface area contributed by atoms with E-state index in [9.17, 15) is 0 Å². The quantitative estimate of drug-likeness (QED) is 0.633. The fourth-order valence-corrected chi connectivity index (χ4v) is 1.13. The Bertz CT molecular complexity index is 349. The van der Waals surface area contributed by atoms with Crippen LogP contribution < -0.4 is 14.8 Å². The first-order valence-corrected chi connectivity index (χ1v) is 6.16. The second kappa shape index (κ2) is 8.46. The summed E-state index contributed by atoms with van der Waals surface area (Å²) in [5.74, 6) is 0.428. The minimum atomic E-state index is 0.0738. The minimum Gasteiger partial charge on any atom is -0.463 e. The van der Waals surface area contributed by atoms with Crippen LogP contribution in [-0.2, 0) is 0 Å². The van der Waals surface area contributed by atoms with Gasteiger partial charge in [-0.2, -0.15) is 9.97 Å². The van der Waals surface area contributed by atoms with Gasteiger partial charge in [-0.1, -0.05) is 6.92 Å². The predicted molar refractivity (Wildman–Crippen MR) is 67.0 cm³/mol. The third kappa shape index (κ3) is 5.13. The molecule has 18 heavy (non-hydrogen) atoms. The Morgan fingerprint density at radius 1 is 1.06 bits per heavy atom. The standard InChI is InChI=1S/C11H20N4O3/c1-3-7-17-10-13-9(12-4-2)14-11(15-10)18-8-5-6-16/h16H,3-8H2,1-2H3,(H,12,13,14,15). The topological polar surface area (TPSA) is 89.4 Å². The molecule has 1 aromatic heterocycles. The van der Waals surface area contributed by atoms with Crippen molar-refractivity contribution < 1.29 is 14.6 Å². The maximum absolute atomic E-state index is 8.68. The smallest absolute Gasteiger partial charge is 0.324 e. The largest absolute Gasteiger partial charge is 0.463 e. The first kappa shape index (κ1) is 14.4. The number of hydrogen-bond acceptors (Lipinski definition) is 7. The molecule has 0 saturated heterocycles. The van der Waals surface area contributed by atoms with Crippen LogP contribution in [0.1, 0.15) is 26.7 Å². The zero-order valence-electron chi connectivity index (χ0n) is 10.8. The van der Waals surface area contributed by atoms with Gasteiger partial charge in [0.15, 0.2) is 0 Å². The maximum Gasteiger partial charge on any atom is 0.324 e. The Hall–Kier alpha value is -1.63. The van der Waals surface area contributed by atoms with Crippen molar-refractivity contribution in [2.45, 2.75) is 26.7 Å². The first-order valence-electron chi connectivity index (χ1n) is 6.16. The summed E-state index contributed by atoms with van der Waals surface area (Å²) in [6, 6.07) is 0.460. The number of nitrogens with zero attached hydrogens (tertiary/aromatic N) is 3. The van der Waals surface area contributed by atoms with Crippen molar-refractivity contribution in [2.75, 3.05) is 31.7 Å². The van der Waals surface area contributed by atoms with Crippen LogP contribution in [0.5, 0.6) is 12.0 Å². The van der Waals surface area contributed by atoms with Gasteiger partial charge in [-0.15, -0.1) is 4.98 Å². The van der Waals surface area contributed by atoms with Crippen LogP contribution in [0.25, 0.3) is 0 Å². The van der Waals surface area contributed by atoms with Crippen LogP contribution in [-0.4, -0.2) is 46.4 Å². The molecule has 7 nitrogen and oxygen atoms in total. The van der Waals surface area contributed by atoms with Gasteiger partial charge >= 0.3 is 12.0 Å². The van der Waals surface area contributed by atoms with Crippen molar-refractivity contribution in [1.82, 2.24) is 15.0 Å². The molecule has 1 rings (SSSR count). The molecule has 0 saturated carbocycles. The first-order chi connectivity index (χ1) is 8.80. The molecule has 1 heterocycles. The van der Waals surface area contributed by atoms with Crippen molar-refractivity contribution in [3.8, 4) is 12.0 Å². The Morgan fingerprint density at radius 3 is 2.28 bits per heavy atom. The highest BCUT2D eigenvalue weighted by Gasteiger charge is 2.07. The number of aliphatic hydroxyl groups excluding tert-OH is 1. The number of nitrogens with one attached hydrogen (secondary N) is 1. The molecule has 2 N–H and O–H groups in total. The number of anilines is 1. The summed E-state index contributed by atoms with van der Waals surface area (Å²) in [5, 5.41) is 11.7. The third-order valence-electron chi connectivity index (χ3n) is 1.90. The molecule has 0 bridgehead atoms. The SMILES string of the molecule is CCCOc1nc(NCC)nc(OCCCO)n1. The lowest BCUT2D eigenvalue weighted by Gasteiger charge is -2.08. The molecule has 102 valence electrons. The van der Waals surface area contributed by atoms with Crippen LogP contribution >= 0.6 is 0 Å². The van der Waals surface area contributed by atoms with E-state index in [1.54, 1.807) is 0 Å². The molecule has 7 heteroatoms. The molecule has 0 aliphatic heterocycles. The lowest BCUT2D eigenvalue weighted by Crippen LogP contribution is -2.10. The highest BCUT2D eigenvalue weighted by molar-refractivity contribution is 5.27. The number of hydrogen-bond donors (Lipinski definition) is 2. The fourth-order valence-electron chi connectivity index (χ4n) is 1.13. The molecule has 0 aromatic carbocycles. The van der Waals surface area contributed by atoms with E-state index in [1.165, 1.54) is 0 Å². The number of rotatable bonds is 9. The predicted octanol–water partition coefficient (Wildman–Crippen LogP) is 0.853. The van der Waals surface area contributed by atoms with Gasteiger partial charge in [-0.3, -0.25) is 0 Å². The van der Waals surface area contributed by atoms with Crippen LogP contribution in [0.15, 0.2) is 0 Å². The van der Waals surface area contributed by atoms with E-state index in [0.29, 0.717) is 32.1 Å².